The summed E-state index contributed by atoms with van der Waals surface area (Å²) in [5.41, 5.74) is 2.38. The smallest absolute Gasteiger partial charge is 0.107 e. The summed E-state index contributed by atoms with van der Waals surface area (Å²) in [6.07, 6.45) is 0. The second-order valence-corrected chi connectivity index (χ2v) is 5.96. The third-order valence-electron chi connectivity index (χ3n) is 3.10. The first-order valence-electron chi connectivity index (χ1n) is 6.49. The molecule has 3 nitrogen and oxygen atoms in total. The second-order valence-electron chi connectivity index (χ2n) is 4.67. The fourth-order valence-corrected chi connectivity index (χ4v) is 2.97. The molecule has 0 fully saturated rings. The van der Waals surface area contributed by atoms with Gasteiger partial charge in [-0.2, -0.15) is 0 Å². The van der Waals surface area contributed by atoms with Gasteiger partial charge in [-0.1, -0.05) is 30.3 Å². The summed E-state index contributed by atoms with van der Waals surface area (Å²) in [6.45, 7) is 6.64. The first-order chi connectivity index (χ1) is 9.19. The molecule has 0 atom stereocenters. The topological polar surface area (TPSA) is 36.4 Å². The van der Waals surface area contributed by atoms with Crippen molar-refractivity contribution >= 4 is 11.3 Å². The molecule has 0 aliphatic heterocycles. The molecule has 0 radical (unpaired) electrons. The summed E-state index contributed by atoms with van der Waals surface area (Å²) < 4.78 is 0. The number of benzene rings is 1. The molecule has 102 valence electrons. The molecule has 0 saturated carbocycles. The summed E-state index contributed by atoms with van der Waals surface area (Å²) in [5, 5.41) is 10.3. The van der Waals surface area contributed by atoms with Crippen molar-refractivity contribution in [3.05, 3.63) is 51.5 Å². The quantitative estimate of drug-likeness (QED) is 0.881. The van der Waals surface area contributed by atoms with E-state index in [0.717, 1.165) is 23.8 Å². The average molecular weight is 276 g/mol. The van der Waals surface area contributed by atoms with Crippen LogP contribution in [0.4, 0.5) is 0 Å². The molecule has 0 bridgehead atoms. The molecule has 0 aliphatic carbocycles. The molecule has 1 aromatic heterocycles. The predicted molar refractivity (Wildman–Crippen MR) is 79.2 cm³/mol. The fraction of sp³-hybridized carbons (Fsp3) is 0.400. The van der Waals surface area contributed by atoms with Gasteiger partial charge < -0.3 is 5.11 Å². The lowest BCUT2D eigenvalue weighted by Gasteiger charge is -2.20. The molecule has 2 rings (SSSR count). The van der Waals surface area contributed by atoms with Gasteiger partial charge in [-0.3, -0.25) is 4.90 Å². The average Bonchev–Trinajstić information content (AvgIpc) is 2.70. The zero-order valence-electron chi connectivity index (χ0n) is 11.5. The lowest BCUT2D eigenvalue weighted by atomic mass is 10.2. The van der Waals surface area contributed by atoms with E-state index in [9.17, 15) is 5.11 Å². The van der Waals surface area contributed by atoms with Gasteiger partial charge in [0.1, 0.15) is 5.01 Å². The van der Waals surface area contributed by atoms with Crippen molar-refractivity contribution in [2.45, 2.75) is 26.9 Å². The highest BCUT2D eigenvalue weighted by molar-refractivity contribution is 7.11. The monoisotopic (exact) mass is 276 g/mol. The summed E-state index contributed by atoms with van der Waals surface area (Å²) in [6, 6.07) is 10.3. The number of thiazole rings is 1. The van der Waals surface area contributed by atoms with Crippen LogP contribution in [0.3, 0.4) is 0 Å². The summed E-state index contributed by atoms with van der Waals surface area (Å²) >= 11 is 1.74. The van der Waals surface area contributed by atoms with Crippen LogP contribution in [-0.4, -0.2) is 28.1 Å². The lowest BCUT2D eigenvalue weighted by Crippen LogP contribution is -2.26. The second kappa shape index (κ2) is 6.80. The number of hydrogen-bond donors (Lipinski definition) is 1. The molecule has 19 heavy (non-hydrogen) atoms. The van der Waals surface area contributed by atoms with Gasteiger partial charge in [0.2, 0.25) is 0 Å². The maximum Gasteiger partial charge on any atom is 0.107 e. The number of hydrogen-bond acceptors (Lipinski definition) is 4. The van der Waals surface area contributed by atoms with E-state index in [-0.39, 0.29) is 6.61 Å². The zero-order valence-corrected chi connectivity index (χ0v) is 12.3. The Morgan fingerprint density at radius 2 is 1.89 bits per heavy atom. The van der Waals surface area contributed by atoms with E-state index >= 15 is 0 Å². The minimum Gasteiger partial charge on any atom is -0.395 e. The van der Waals surface area contributed by atoms with E-state index in [1.165, 1.54) is 10.4 Å². The van der Waals surface area contributed by atoms with Crippen molar-refractivity contribution in [2.24, 2.45) is 0 Å². The van der Waals surface area contributed by atoms with Crippen LogP contribution >= 0.6 is 11.3 Å². The van der Waals surface area contributed by atoms with Crippen molar-refractivity contribution < 1.29 is 5.11 Å². The number of nitrogens with zero attached hydrogens (tertiary/aromatic N) is 2. The molecular weight excluding hydrogens is 256 g/mol. The van der Waals surface area contributed by atoms with E-state index in [2.05, 4.69) is 28.9 Å². The van der Waals surface area contributed by atoms with Gasteiger partial charge in [-0.25, -0.2) is 4.98 Å². The van der Waals surface area contributed by atoms with Crippen molar-refractivity contribution in [1.82, 2.24) is 9.88 Å². The SMILES string of the molecule is Cc1nc(CN(CCO)Cc2ccccc2)sc1C. The molecule has 1 aromatic carbocycles. The van der Waals surface area contributed by atoms with Crippen LogP contribution in [-0.2, 0) is 13.1 Å². The zero-order chi connectivity index (χ0) is 13.7. The molecule has 0 amide bonds. The van der Waals surface area contributed by atoms with Crippen molar-refractivity contribution in [3.8, 4) is 0 Å². The molecule has 4 heteroatoms. The number of aryl methyl sites for hydroxylation is 2. The van der Waals surface area contributed by atoms with E-state index in [4.69, 9.17) is 0 Å². The number of aromatic nitrogens is 1. The normalized spacial score (nSPS) is 11.2. The van der Waals surface area contributed by atoms with E-state index in [0.29, 0.717) is 6.54 Å². The third-order valence-corrected chi connectivity index (χ3v) is 4.15. The maximum atomic E-state index is 9.19. The Bertz CT molecular complexity index is 491. The molecule has 1 heterocycles. The van der Waals surface area contributed by atoms with Gasteiger partial charge in [0, 0.05) is 18.0 Å². The van der Waals surface area contributed by atoms with E-state index < -0.39 is 0 Å². The molecule has 0 spiro atoms. The first kappa shape index (κ1) is 14.2. The van der Waals surface area contributed by atoms with Crippen LogP contribution in [0.1, 0.15) is 21.1 Å². The van der Waals surface area contributed by atoms with Crippen molar-refractivity contribution in [2.75, 3.05) is 13.2 Å². The number of aliphatic hydroxyl groups is 1. The highest BCUT2D eigenvalue weighted by Crippen LogP contribution is 2.18. The van der Waals surface area contributed by atoms with Crippen LogP contribution in [0.15, 0.2) is 30.3 Å². The Balaban J connectivity index is 2.03. The Hall–Kier alpha value is -1.23. The molecule has 0 aliphatic rings. The standard InChI is InChI=1S/C15H20N2OS/c1-12-13(2)19-15(16-12)11-17(8-9-18)10-14-6-4-3-5-7-14/h3-7,18H,8-11H2,1-2H3. The van der Waals surface area contributed by atoms with Gasteiger partial charge in [-0.15, -0.1) is 11.3 Å². The minimum absolute atomic E-state index is 0.177. The van der Waals surface area contributed by atoms with Crippen LogP contribution in [0.2, 0.25) is 0 Å². The summed E-state index contributed by atoms with van der Waals surface area (Å²) in [4.78, 5) is 8.07. The molecule has 0 saturated heterocycles. The van der Waals surface area contributed by atoms with Crippen LogP contribution in [0.25, 0.3) is 0 Å². The maximum absolute atomic E-state index is 9.19. The molecular formula is C15H20N2OS. The Morgan fingerprint density at radius 1 is 1.16 bits per heavy atom. The Kier molecular flexibility index (Phi) is 5.07. The number of aliphatic hydroxyl groups excluding tert-OH is 1. The van der Waals surface area contributed by atoms with Gasteiger partial charge in [0.15, 0.2) is 0 Å². The van der Waals surface area contributed by atoms with Crippen LogP contribution in [0.5, 0.6) is 0 Å². The highest BCUT2D eigenvalue weighted by Gasteiger charge is 2.10. The van der Waals surface area contributed by atoms with Crippen LogP contribution in [0, 0.1) is 13.8 Å². The predicted octanol–water partition coefficient (Wildman–Crippen LogP) is 2.75. The van der Waals surface area contributed by atoms with Gasteiger partial charge in [-0.05, 0) is 19.4 Å². The Morgan fingerprint density at radius 3 is 2.47 bits per heavy atom. The van der Waals surface area contributed by atoms with Crippen molar-refractivity contribution in [1.29, 1.82) is 0 Å². The summed E-state index contributed by atoms with van der Waals surface area (Å²) in [5.74, 6) is 0. The Labute approximate surface area is 118 Å². The van der Waals surface area contributed by atoms with Gasteiger partial charge in [0.05, 0.1) is 18.8 Å². The van der Waals surface area contributed by atoms with E-state index in [1.807, 2.05) is 25.1 Å². The molecule has 0 unspecified atom stereocenters. The number of rotatable bonds is 6. The van der Waals surface area contributed by atoms with Gasteiger partial charge >= 0.3 is 0 Å². The van der Waals surface area contributed by atoms with Crippen molar-refractivity contribution in [3.63, 3.8) is 0 Å². The van der Waals surface area contributed by atoms with Crippen LogP contribution < -0.4 is 0 Å². The van der Waals surface area contributed by atoms with E-state index in [1.54, 1.807) is 11.3 Å². The molecule has 2 aromatic rings. The fourth-order valence-electron chi connectivity index (χ4n) is 2.00. The summed E-state index contributed by atoms with van der Waals surface area (Å²) in [7, 11) is 0. The largest absolute Gasteiger partial charge is 0.395 e. The first-order valence-corrected chi connectivity index (χ1v) is 7.30. The highest BCUT2D eigenvalue weighted by atomic mass is 32.1. The van der Waals surface area contributed by atoms with Gasteiger partial charge in [0.25, 0.3) is 0 Å². The minimum atomic E-state index is 0.177. The molecule has 1 N–H and O–H groups in total. The lowest BCUT2D eigenvalue weighted by molar-refractivity contribution is 0.184. The third kappa shape index (κ3) is 4.13.